The van der Waals surface area contributed by atoms with Gasteiger partial charge in [-0.2, -0.15) is 0 Å². The number of nitrogens with one attached hydrogen (secondary N) is 1. The smallest absolute Gasteiger partial charge is 0.143 e. The monoisotopic (exact) mass is 344 g/mol. The second-order valence-corrected chi connectivity index (χ2v) is 6.86. The highest BCUT2D eigenvalue weighted by Crippen LogP contribution is 2.38. The molecule has 2 aliphatic rings. The first kappa shape index (κ1) is 16.3. The quantitative estimate of drug-likeness (QED) is 0.903. The van der Waals surface area contributed by atoms with Crippen molar-refractivity contribution in [3.05, 3.63) is 58.7 Å². The number of fused-ring (bicyclic) bond motifs is 2. The molecule has 0 amide bonds. The van der Waals surface area contributed by atoms with Crippen LogP contribution in [0, 0.1) is 11.6 Å². The Balaban J connectivity index is 1.70. The van der Waals surface area contributed by atoms with Crippen molar-refractivity contribution in [3.63, 3.8) is 0 Å². The van der Waals surface area contributed by atoms with E-state index in [0.29, 0.717) is 18.7 Å². The molecule has 4 rings (SSSR count). The summed E-state index contributed by atoms with van der Waals surface area (Å²) < 4.78 is 33.3. The van der Waals surface area contributed by atoms with Crippen molar-refractivity contribution in [1.82, 2.24) is 5.32 Å². The van der Waals surface area contributed by atoms with Gasteiger partial charge in [0.15, 0.2) is 0 Å². The van der Waals surface area contributed by atoms with E-state index in [-0.39, 0.29) is 6.04 Å². The summed E-state index contributed by atoms with van der Waals surface area (Å²) in [6.07, 6.45) is 1.98. The van der Waals surface area contributed by atoms with Gasteiger partial charge >= 0.3 is 0 Å². The van der Waals surface area contributed by atoms with E-state index < -0.39 is 11.6 Å². The third kappa shape index (κ3) is 3.21. The molecule has 0 bridgehead atoms. The van der Waals surface area contributed by atoms with Crippen LogP contribution in [0.5, 0.6) is 5.75 Å². The lowest BCUT2D eigenvalue weighted by atomic mass is 9.99. The molecule has 0 spiro atoms. The van der Waals surface area contributed by atoms with E-state index in [1.807, 2.05) is 0 Å². The second kappa shape index (κ2) is 6.64. The van der Waals surface area contributed by atoms with E-state index in [1.165, 1.54) is 23.3 Å². The molecule has 25 heavy (non-hydrogen) atoms. The summed E-state index contributed by atoms with van der Waals surface area (Å²) in [6, 6.07) is 8.24. The highest BCUT2D eigenvalue weighted by molar-refractivity contribution is 5.64. The normalized spacial score (nSPS) is 19.6. The highest BCUT2D eigenvalue weighted by Gasteiger charge is 2.27. The number of rotatable bonds is 2. The third-order valence-corrected chi connectivity index (χ3v) is 5.10. The van der Waals surface area contributed by atoms with Crippen molar-refractivity contribution in [1.29, 1.82) is 0 Å². The van der Waals surface area contributed by atoms with Gasteiger partial charge in [0.25, 0.3) is 0 Å². The van der Waals surface area contributed by atoms with Crippen molar-refractivity contribution in [2.45, 2.75) is 32.4 Å². The summed E-state index contributed by atoms with van der Waals surface area (Å²) >= 11 is 0. The first-order valence-electron chi connectivity index (χ1n) is 8.81. The molecular weight excluding hydrogens is 322 g/mol. The van der Waals surface area contributed by atoms with E-state index in [2.05, 4.69) is 29.3 Å². The van der Waals surface area contributed by atoms with E-state index in [0.717, 1.165) is 43.4 Å². The molecule has 2 aromatic carbocycles. The lowest BCUT2D eigenvalue weighted by molar-refractivity contribution is 0.268. The number of anilines is 1. The van der Waals surface area contributed by atoms with Crippen LogP contribution in [-0.4, -0.2) is 25.7 Å². The first-order chi connectivity index (χ1) is 12.1. The van der Waals surface area contributed by atoms with Gasteiger partial charge in [0.2, 0.25) is 0 Å². The predicted octanol–water partition coefficient (Wildman–Crippen LogP) is 3.44. The maximum absolute atomic E-state index is 14.1. The summed E-state index contributed by atoms with van der Waals surface area (Å²) in [5, 5.41) is 3.42. The number of hydrogen-bond acceptors (Lipinski definition) is 3. The Morgan fingerprint density at radius 2 is 1.88 bits per heavy atom. The van der Waals surface area contributed by atoms with E-state index in [4.69, 9.17) is 4.74 Å². The maximum atomic E-state index is 14.1. The largest absolute Gasteiger partial charge is 0.489 e. The Morgan fingerprint density at radius 3 is 2.64 bits per heavy atom. The summed E-state index contributed by atoms with van der Waals surface area (Å²) in [5.74, 6) is -0.185. The zero-order valence-electron chi connectivity index (χ0n) is 14.3. The Morgan fingerprint density at radius 1 is 1.12 bits per heavy atom. The molecule has 5 heteroatoms. The van der Waals surface area contributed by atoms with Crippen LogP contribution in [0.1, 0.15) is 23.6 Å². The summed E-state index contributed by atoms with van der Waals surface area (Å²) in [5.41, 5.74) is 4.15. The predicted molar refractivity (Wildman–Crippen MR) is 94.2 cm³/mol. The van der Waals surface area contributed by atoms with Gasteiger partial charge in [0.05, 0.1) is 11.7 Å². The highest BCUT2D eigenvalue weighted by atomic mass is 19.1. The number of halogens is 2. The van der Waals surface area contributed by atoms with Crippen LogP contribution in [0.3, 0.4) is 0 Å². The minimum Gasteiger partial charge on any atom is -0.489 e. The molecule has 0 unspecified atom stereocenters. The molecule has 1 N–H and O–H groups in total. The molecule has 0 saturated heterocycles. The van der Waals surface area contributed by atoms with Crippen LogP contribution < -0.4 is 15.0 Å². The van der Waals surface area contributed by atoms with Gasteiger partial charge < -0.3 is 15.0 Å². The zero-order valence-corrected chi connectivity index (χ0v) is 14.3. The average molecular weight is 344 g/mol. The molecule has 2 heterocycles. The van der Waals surface area contributed by atoms with Gasteiger partial charge in [-0.05, 0) is 62.2 Å². The van der Waals surface area contributed by atoms with Crippen LogP contribution in [0.2, 0.25) is 0 Å². The van der Waals surface area contributed by atoms with Crippen LogP contribution in [0.25, 0.3) is 0 Å². The van der Waals surface area contributed by atoms with Crippen LogP contribution in [-0.2, 0) is 19.4 Å². The van der Waals surface area contributed by atoms with Crippen molar-refractivity contribution in [3.8, 4) is 5.75 Å². The van der Waals surface area contributed by atoms with Crippen molar-refractivity contribution < 1.29 is 13.5 Å². The zero-order chi connectivity index (χ0) is 17.4. The Kier molecular flexibility index (Phi) is 4.34. The lowest BCUT2D eigenvalue weighted by Crippen LogP contribution is -2.40. The summed E-state index contributed by atoms with van der Waals surface area (Å²) in [6.45, 7) is 4.98. The standard InChI is InChI=1S/C20H22F2N2O/c1-13-12-25-20-9-15-5-7-23-6-4-14(15)8-19(20)24(13)11-16-2-3-17(21)10-18(16)22/h2-3,8-10,13,23H,4-7,11-12H2,1H3/t13-/m0/s1. The number of ether oxygens (including phenoxy) is 1. The van der Waals surface area contributed by atoms with Crippen molar-refractivity contribution >= 4 is 5.69 Å². The SMILES string of the molecule is C[C@H]1COc2cc3c(cc2N1Cc1ccc(F)cc1F)CCNCC3. The lowest BCUT2D eigenvalue weighted by Gasteiger charge is -2.37. The van der Waals surface area contributed by atoms with Gasteiger partial charge in [0.1, 0.15) is 24.0 Å². The third-order valence-electron chi connectivity index (χ3n) is 5.10. The first-order valence-corrected chi connectivity index (χ1v) is 8.81. The Labute approximate surface area is 146 Å². The summed E-state index contributed by atoms with van der Waals surface area (Å²) in [7, 11) is 0. The van der Waals surface area contributed by atoms with Crippen LogP contribution >= 0.6 is 0 Å². The van der Waals surface area contributed by atoms with Gasteiger partial charge in [-0.3, -0.25) is 0 Å². The molecule has 2 aliphatic heterocycles. The number of nitrogens with zero attached hydrogens (tertiary/aromatic N) is 1. The fourth-order valence-corrected chi connectivity index (χ4v) is 3.64. The van der Waals surface area contributed by atoms with Gasteiger partial charge in [0, 0.05) is 18.2 Å². The molecule has 0 fully saturated rings. The molecule has 132 valence electrons. The molecule has 3 nitrogen and oxygen atoms in total. The van der Waals surface area contributed by atoms with E-state index in [9.17, 15) is 8.78 Å². The molecule has 0 saturated carbocycles. The van der Waals surface area contributed by atoms with E-state index >= 15 is 0 Å². The van der Waals surface area contributed by atoms with Crippen LogP contribution in [0.4, 0.5) is 14.5 Å². The molecular formula is C20H22F2N2O. The summed E-state index contributed by atoms with van der Waals surface area (Å²) in [4.78, 5) is 2.16. The minimum atomic E-state index is -0.547. The number of hydrogen-bond donors (Lipinski definition) is 1. The van der Waals surface area contributed by atoms with Gasteiger partial charge in [-0.1, -0.05) is 6.07 Å². The fraction of sp³-hybridized carbons (Fsp3) is 0.400. The molecule has 0 aromatic heterocycles. The van der Waals surface area contributed by atoms with Gasteiger partial charge in [-0.25, -0.2) is 8.78 Å². The topological polar surface area (TPSA) is 24.5 Å². The molecule has 2 aromatic rings. The minimum absolute atomic E-state index is 0.124. The molecule has 0 aliphatic carbocycles. The van der Waals surface area contributed by atoms with Crippen LogP contribution in [0.15, 0.2) is 30.3 Å². The van der Waals surface area contributed by atoms with Crippen molar-refractivity contribution in [2.75, 3.05) is 24.6 Å². The Bertz CT molecular complexity index is 794. The number of benzene rings is 2. The Hall–Kier alpha value is -2.14. The van der Waals surface area contributed by atoms with Crippen molar-refractivity contribution in [2.24, 2.45) is 0 Å². The molecule has 0 radical (unpaired) electrons. The molecule has 1 atom stereocenters. The van der Waals surface area contributed by atoms with E-state index in [1.54, 1.807) is 0 Å². The fourth-order valence-electron chi connectivity index (χ4n) is 3.64. The average Bonchev–Trinajstić information content (AvgIpc) is 2.82. The second-order valence-electron chi connectivity index (χ2n) is 6.86. The van der Waals surface area contributed by atoms with Gasteiger partial charge in [-0.15, -0.1) is 0 Å². The maximum Gasteiger partial charge on any atom is 0.143 e.